The number of halogens is 2. The van der Waals surface area contributed by atoms with E-state index in [0.717, 1.165) is 34.7 Å². The van der Waals surface area contributed by atoms with E-state index in [4.69, 9.17) is 23.2 Å². The van der Waals surface area contributed by atoms with Crippen molar-refractivity contribution in [3.8, 4) is 0 Å². The molecule has 0 unspecified atom stereocenters. The molecule has 234 valence electrons. The average Bonchev–Trinajstić information content (AvgIpc) is 2.93. The third-order valence-electron chi connectivity index (χ3n) is 10.0. The van der Waals surface area contributed by atoms with Crippen LogP contribution in [0.3, 0.4) is 0 Å². The maximum Gasteiger partial charge on any atom is 0.244 e. The Labute approximate surface area is 266 Å². The third-order valence-corrected chi connectivity index (χ3v) is 11.7. The van der Waals surface area contributed by atoms with Crippen LogP contribution in [0.15, 0.2) is 42.5 Å². The highest BCUT2D eigenvalue weighted by atomic mass is 35.5. The second kappa shape index (κ2) is 12.6. The highest BCUT2D eigenvalue weighted by molar-refractivity contribution is 7.92. The van der Waals surface area contributed by atoms with Crippen molar-refractivity contribution in [3.05, 3.63) is 63.6 Å². The minimum Gasteiger partial charge on any atom is -0.352 e. The van der Waals surface area contributed by atoms with Crippen LogP contribution in [0.25, 0.3) is 0 Å². The molecule has 7 nitrogen and oxygen atoms in total. The summed E-state index contributed by atoms with van der Waals surface area (Å²) in [4.78, 5) is 28.5. The molecule has 0 radical (unpaired) electrons. The zero-order chi connectivity index (χ0) is 31.1. The standard InChI is InChI=1S/C33H43Cl2N3O4S/c1-5-21(2)36-32(40)22(3)37(19-26-6-9-28(34)15-30(26)35)31(39)20-38(43(4,41)42)29-10-7-27(8-11-29)33-16-23-12-24(17-33)14-25(13-23)18-33/h6-11,15,21-25H,5,12-14,16-20H2,1-4H3,(H,36,40)/t21-,22-,23?,24?,25?,33?/m0/s1. The summed E-state index contributed by atoms with van der Waals surface area (Å²) in [5, 5.41) is 3.75. The van der Waals surface area contributed by atoms with Crippen LogP contribution in [0.4, 0.5) is 5.69 Å². The van der Waals surface area contributed by atoms with Crippen molar-refractivity contribution in [2.75, 3.05) is 17.1 Å². The molecule has 0 heterocycles. The van der Waals surface area contributed by atoms with Crippen molar-refractivity contribution < 1.29 is 18.0 Å². The monoisotopic (exact) mass is 647 g/mol. The molecule has 10 heteroatoms. The number of hydrogen-bond donors (Lipinski definition) is 1. The fraction of sp³-hybridized carbons (Fsp3) is 0.576. The summed E-state index contributed by atoms with van der Waals surface area (Å²) in [5.41, 5.74) is 2.51. The van der Waals surface area contributed by atoms with Crippen LogP contribution in [0.1, 0.15) is 76.8 Å². The molecule has 0 spiro atoms. The number of anilines is 1. The largest absolute Gasteiger partial charge is 0.352 e. The van der Waals surface area contributed by atoms with Gasteiger partial charge in [-0.05, 0) is 117 Å². The Morgan fingerprint density at radius 3 is 2.07 bits per heavy atom. The average molecular weight is 649 g/mol. The highest BCUT2D eigenvalue weighted by Crippen LogP contribution is 2.60. The van der Waals surface area contributed by atoms with E-state index in [1.54, 1.807) is 25.1 Å². The lowest BCUT2D eigenvalue weighted by Crippen LogP contribution is -2.52. The molecular formula is C33H43Cl2N3O4S. The minimum atomic E-state index is -3.82. The van der Waals surface area contributed by atoms with Crippen LogP contribution >= 0.6 is 23.2 Å². The Kier molecular flexibility index (Phi) is 9.41. The number of hydrogen-bond acceptors (Lipinski definition) is 4. The predicted octanol–water partition coefficient (Wildman–Crippen LogP) is 6.56. The van der Waals surface area contributed by atoms with Gasteiger partial charge in [-0.15, -0.1) is 0 Å². The lowest BCUT2D eigenvalue weighted by molar-refractivity contribution is -0.139. The van der Waals surface area contributed by atoms with Gasteiger partial charge in [-0.2, -0.15) is 0 Å². The fourth-order valence-corrected chi connectivity index (χ4v) is 9.26. The normalized spacial score (nSPS) is 25.7. The summed E-state index contributed by atoms with van der Waals surface area (Å²) in [6, 6.07) is 11.8. The number of carbonyl (C=O) groups is 2. The number of amides is 2. The SMILES string of the molecule is CC[C@H](C)NC(=O)[C@H](C)N(Cc1ccc(Cl)cc1Cl)C(=O)CN(c1ccc(C23CC4CC(CC(C4)C2)C3)cc1)S(C)(=O)=O. The van der Waals surface area contributed by atoms with Gasteiger partial charge in [0.2, 0.25) is 21.8 Å². The zero-order valence-electron chi connectivity index (χ0n) is 25.5. The first-order valence-electron chi connectivity index (χ1n) is 15.4. The van der Waals surface area contributed by atoms with Crippen LogP contribution in [0, 0.1) is 17.8 Å². The van der Waals surface area contributed by atoms with Crippen molar-refractivity contribution in [2.45, 2.75) is 89.8 Å². The Morgan fingerprint density at radius 1 is 0.977 bits per heavy atom. The topological polar surface area (TPSA) is 86.8 Å². The molecule has 2 atom stereocenters. The van der Waals surface area contributed by atoms with Gasteiger partial charge in [0.15, 0.2) is 0 Å². The van der Waals surface area contributed by atoms with Gasteiger partial charge in [-0.3, -0.25) is 13.9 Å². The van der Waals surface area contributed by atoms with Crippen molar-refractivity contribution in [3.63, 3.8) is 0 Å². The lowest BCUT2D eigenvalue weighted by Gasteiger charge is -2.57. The van der Waals surface area contributed by atoms with E-state index in [1.165, 1.54) is 49.0 Å². The quantitative estimate of drug-likeness (QED) is 0.299. The molecule has 4 saturated carbocycles. The van der Waals surface area contributed by atoms with E-state index in [0.29, 0.717) is 21.3 Å². The molecule has 2 aromatic carbocycles. The third kappa shape index (κ3) is 7.02. The van der Waals surface area contributed by atoms with E-state index < -0.39 is 28.5 Å². The van der Waals surface area contributed by atoms with E-state index in [2.05, 4.69) is 17.4 Å². The molecule has 0 saturated heterocycles. The number of sulfonamides is 1. The van der Waals surface area contributed by atoms with Crippen molar-refractivity contribution in [1.29, 1.82) is 0 Å². The molecule has 1 N–H and O–H groups in total. The molecule has 6 rings (SSSR count). The van der Waals surface area contributed by atoms with Gasteiger partial charge >= 0.3 is 0 Å². The molecule has 0 aliphatic heterocycles. The molecular weight excluding hydrogens is 605 g/mol. The fourth-order valence-electron chi connectivity index (χ4n) is 7.94. The molecule has 2 aromatic rings. The van der Waals surface area contributed by atoms with Gasteiger partial charge in [0.05, 0.1) is 11.9 Å². The number of nitrogens with zero attached hydrogens (tertiary/aromatic N) is 2. The number of rotatable bonds is 11. The van der Waals surface area contributed by atoms with Crippen molar-refractivity contribution >= 4 is 50.7 Å². The Hall–Kier alpha value is -2.29. The van der Waals surface area contributed by atoms with Crippen molar-refractivity contribution in [1.82, 2.24) is 10.2 Å². The maximum atomic E-state index is 13.9. The van der Waals surface area contributed by atoms with Gasteiger partial charge in [-0.1, -0.05) is 48.3 Å². The van der Waals surface area contributed by atoms with Gasteiger partial charge in [-0.25, -0.2) is 8.42 Å². The first-order chi connectivity index (χ1) is 20.3. The molecule has 4 aliphatic rings. The summed E-state index contributed by atoms with van der Waals surface area (Å²) in [5.74, 6) is 1.58. The molecule has 43 heavy (non-hydrogen) atoms. The van der Waals surface area contributed by atoms with E-state index in [9.17, 15) is 18.0 Å². The summed E-state index contributed by atoms with van der Waals surface area (Å²) in [6.45, 7) is 5.08. The highest BCUT2D eigenvalue weighted by Gasteiger charge is 2.51. The van der Waals surface area contributed by atoms with E-state index in [-0.39, 0.29) is 23.9 Å². The van der Waals surface area contributed by atoms with Crippen LogP contribution in [0.2, 0.25) is 10.0 Å². The first kappa shape index (κ1) is 32.1. The Balaban J connectivity index is 1.40. The van der Waals surface area contributed by atoms with Crippen molar-refractivity contribution in [2.24, 2.45) is 17.8 Å². The smallest absolute Gasteiger partial charge is 0.244 e. The number of benzene rings is 2. The predicted molar refractivity (Wildman–Crippen MR) is 173 cm³/mol. The second-order valence-corrected chi connectivity index (χ2v) is 16.0. The molecule has 4 aliphatic carbocycles. The van der Waals surface area contributed by atoms with E-state index >= 15 is 0 Å². The minimum absolute atomic E-state index is 0.0203. The second-order valence-electron chi connectivity index (χ2n) is 13.3. The molecule has 4 fully saturated rings. The molecule has 2 amide bonds. The zero-order valence-corrected chi connectivity index (χ0v) is 27.8. The Bertz CT molecular complexity index is 1430. The summed E-state index contributed by atoms with van der Waals surface area (Å²) in [6.07, 6.45) is 9.54. The van der Waals surface area contributed by atoms with Gasteiger partial charge in [0, 0.05) is 22.6 Å². The number of carbonyl (C=O) groups excluding carboxylic acids is 2. The lowest BCUT2D eigenvalue weighted by atomic mass is 9.48. The molecule has 4 bridgehead atoms. The number of nitrogens with one attached hydrogen (secondary N) is 1. The van der Waals surface area contributed by atoms with Gasteiger partial charge in [0.25, 0.3) is 0 Å². The summed E-state index contributed by atoms with van der Waals surface area (Å²) >= 11 is 12.5. The van der Waals surface area contributed by atoms with Crippen LogP contribution in [-0.2, 0) is 31.6 Å². The summed E-state index contributed by atoms with van der Waals surface area (Å²) in [7, 11) is -3.82. The molecule has 0 aromatic heterocycles. The van der Waals surface area contributed by atoms with Gasteiger partial charge < -0.3 is 10.2 Å². The first-order valence-corrected chi connectivity index (χ1v) is 18.0. The van der Waals surface area contributed by atoms with Crippen LogP contribution in [-0.4, -0.2) is 50.0 Å². The van der Waals surface area contributed by atoms with Gasteiger partial charge in [0.1, 0.15) is 12.6 Å². The Morgan fingerprint density at radius 2 is 1.56 bits per heavy atom. The van der Waals surface area contributed by atoms with Crippen LogP contribution in [0.5, 0.6) is 0 Å². The van der Waals surface area contributed by atoms with E-state index in [1.807, 2.05) is 26.0 Å². The van der Waals surface area contributed by atoms with Crippen LogP contribution < -0.4 is 9.62 Å². The summed E-state index contributed by atoms with van der Waals surface area (Å²) < 4.78 is 27.3. The maximum absolute atomic E-state index is 13.9.